The second kappa shape index (κ2) is 6.09. The molecule has 1 unspecified atom stereocenters. The van der Waals surface area contributed by atoms with Crippen LogP contribution in [0, 0.1) is 34.5 Å². The molecule has 0 amide bonds. The number of hydrogen-bond acceptors (Lipinski definition) is 2. The van der Waals surface area contributed by atoms with Gasteiger partial charge in [-0.3, -0.25) is 0 Å². The van der Waals surface area contributed by atoms with Gasteiger partial charge in [0.1, 0.15) is 0 Å². The molecule has 0 aromatic carbocycles. The standard InChI is InChI=1S/C23H36O2/c1-22-11-4-3-5-16(22)6-7-17-18-8-9-20(21-15-24-13-14-25-21)23(18,2)12-10-19(17)22/h6,17-21H,3-5,7-15H2,1-2H3/t17-,18-,19-,20+,21?,22-,23-/m0/s1. The monoisotopic (exact) mass is 344 g/mol. The summed E-state index contributed by atoms with van der Waals surface area (Å²) in [6.07, 6.45) is 15.8. The Balaban J connectivity index is 1.42. The van der Waals surface area contributed by atoms with Crippen molar-refractivity contribution in [1.29, 1.82) is 0 Å². The van der Waals surface area contributed by atoms with Crippen LogP contribution in [0.1, 0.15) is 71.6 Å². The van der Waals surface area contributed by atoms with Crippen LogP contribution >= 0.6 is 0 Å². The number of rotatable bonds is 1. The molecule has 25 heavy (non-hydrogen) atoms. The largest absolute Gasteiger partial charge is 0.376 e. The second-order valence-corrected chi connectivity index (χ2v) is 10.2. The molecule has 3 saturated carbocycles. The topological polar surface area (TPSA) is 18.5 Å². The lowest BCUT2D eigenvalue weighted by Gasteiger charge is -2.58. The Morgan fingerprint density at radius 2 is 1.84 bits per heavy atom. The Bertz CT molecular complexity index is 548. The molecule has 4 aliphatic carbocycles. The van der Waals surface area contributed by atoms with Crippen molar-refractivity contribution in [2.75, 3.05) is 19.8 Å². The van der Waals surface area contributed by atoms with Crippen molar-refractivity contribution in [3.63, 3.8) is 0 Å². The SMILES string of the molecule is C[C@]12CC[C@H]3[C@@H](CC=C4CCCC[C@@]43C)[C@@H]1CC[C@@H]2C1COCCO1. The van der Waals surface area contributed by atoms with Gasteiger partial charge < -0.3 is 9.47 Å². The van der Waals surface area contributed by atoms with Crippen molar-refractivity contribution < 1.29 is 9.47 Å². The van der Waals surface area contributed by atoms with E-state index in [4.69, 9.17) is 9.47 Å². The zero-order valence-corrected chi connectivity index (χ0v) is 16.3. The predicted molar refractivity (Wildman–Crippen MR) is 100 cm³/mol. The van der Waals surface area contributed by atoms with E-state index in [9.17, 15) is 0 Å². The maximum atomic E-state index is 6.18. The smallest absolute Gasteiger partial charge is 0.0843 e. The molecule has 2 heteroatoms. The lowest BCUT2D eigenvalue weighted by atomic mass is 9.47. The van der Waals surface area contributed by atoms with Crippen molar-refractivity contribution in [3.05, 3.63) is 11.6 Å². The van der Waals surface area contributed by atoms with E-state index in [1.165, 1.54) is 57.8 Å². The predicted octanol–water partition coefficient (Wildman–Crippen LogP) is 5.37. The molecule has 140 valence electrons. The van der Waals surface area contributed by atoms with Crippen molar-refractivity contribution in [1.82, 2.24) is 0 Å². The molecule has 0 spiro atoms. The highest BCUT2D eigenvalue weighted by atomic mass is 16.6. The molecular weight excluding hydrogens is 308 g/mol. The fourth-order valence-corrected chi connectivity index (χ4v) is 8.09. The Kier molecular flexibility index (Phi) is 4.09. The second-order valence-electron chi connectivity index (χ2n) is 10.2. The molecule has 4 fully saturated rings. The summed E-state index contributed by atoms with van der Waals surface area (Å²) in [5.74, 6) is 3.52. The summed E-state index contributed by atoms with van der Waals surface area (Å²) in [4.78, 5) is 0. The van der Waals surface area contributed by atoms with Gasteiger partial charge in [-0.1, -0.05) is 31.9 Å². The van der Waals surface area contributed by atoms with Gasteiger partial charge in [0.25, 0.3) is 0 Å². The quantitative estimate of drug-likeness (QED) is 0.595. The molecule has 0 aromatic rings. The third-order valence-corrected chi connectivity index (χ3v) is 9.38. The van der Waals surface area contributed by atoms with Crippen LogP contribution in [0.4, 0.5) is 0 Å². The molecule has 0 bridgehead atoms. The summed E-state index contributed by atoms with van der Waals surface area (Å²) in [6.45, 7) is 7.68. The molecule has 1 aliphatic heterocycles. The van der Waals surface area contributed by atoms with Crippen LogP contribution in [-0.4, -0.2) is 25.9 Å². The number of hydrogen-bond donors (Lipinski definition) is 0. The van der Waals surface area contributed by atoms with Crippen LogP contribution in [0.5, 0.6) is 0 Å². The highest BCUT2D eigenvalue weighted by Gasteiger charge is 2.59. The lowest BCUT2D eigenvalue weighted by molar-refractivity contribution is -0.142. The maximum Gasteiger partial charge on any atom is 0.0843 e. The van der Waals surface area contributed by atoms with Gasteiger partial charge in [0, 0.05) is 0 Å². The third kappa shape index (κ3) is 2.42. The van der Waals surface area contributed by atoms with Gasteiger partial charge in [-0.05, 0) is 85.9 Å². The molecule has 0 radical (unpaired) electrons. The van der Waals surface area contributed by atoms with E-state index in [2.05, 4.69) is 19.9 Å². The van der Waals surface area contributed by atoms with Gasteiger partial charge in [0.15, 0.2) is 0 Å². The van der Waals surface area contributed by atoms with Gasteiger partial charge in [0.05, 0.1) is 25.9 Å². The van der Waals surface area contributed by atoms with Crippen LogP contribution in [0.25, 0.3) is 0 Å². The Hall–Kier alpha value is -0.340. The third-order valence-electron chi connectivity index (χ3n) is 9.38. The van der Waals surface area contributed by atoms with Crippen molar-refractivity contribution in [2.24, 2.45) is 34.5 Å². The fourth-order valence-electron chi connectivity index (χ4n) is 8.09. The highest BCUT2D eigenvalue weighted by molar-refractivity contribution is 5.24. The molecule has 1 heterocycles. The van der Waals surface area contributed by atoms with Gasteiger partial charge in [-0.25, -0.2) is 0 Å². The van der Waals surface area contributed by atoms with Crippen molar-refractivity contribution in [2.45, 2.75) is 77.7 Å². The summed E-state index contributed by atoms with van der Waals surface area (Å²) < 4.78 is 12.0. The van der Waals surface area contributed by atoms with Gasteiger partial charge in [0.2, 0.25) is 0 Å². The minimum atomic E-state index is 0.361. The van der Waals surface area contributed by atoms with E-state index in [1.807, 2.05) is 5.57 Å². The minimum Gasteiger partial charge on any atom is -0.376 e. The summed E-state index contributed by atoms with van der Waals surface area (Å²) in [6, 6.07) is 0. The first-order valence-electron chi connectivity index (χ1n) is 11.0. The van der Waals surface area contributed by atoms with E-state index in [0.29, 0.717) is 16.9 Å². The molecule has 1 saturated heterocycles. The van der Waals surface area contributed by atoms with Crippen molar-refractivity contribution >= 4 is 0 Å². The summed E-state index contributed by atoms with van der Waals surface area (Å²) in [7, 11) is 0. The van der Waals surface area contributed by atoms with Gasteiger partial charge in [-0.15, -0.1) is 0 Å². The van der Waals surface area contributed by atoms with Gasteiger partial charge in [-0.2, -0.15) is 0 Å². The minimum absolute atomic E-state index is 0.361. The molecule has 5 aliphatic rings. The highest BCUT2D eigenvalue weighted by Crippen LogP contribution is 2.66. The summed E-state index contributed by atoms with van der Waals surface area (Å²) in [5.41, 5.74) is 2.86. The first kappa shape index (κ1) is 16.8. The first-order valence-corrected chi connectivity index (χ1v) is 11.0. The number of fused-ring (bicyclic) bond motifs is 5. The van der Waals surface area contributed by atoms with E-state index in [0.717, 1.165) is 43.5 Å². The zero-order valence-electron chi connectivity index (χ0n) is 16.3. The first-order chi connectivity index (χ1) is 12.1. The average Bonchev–Trinajstić information content (AvgIpc) is 2.99. The average molecular weight is 345 g/mol. The van der Waals surface area contributed by atoms with Crippen LogP contribution in [0.3, 0.4) is 0 Å². The van der Waals surface area contributed by atoms with E-state index in [-0.39, 0.29) is 0 Å². The van der Waals surface area contributed by atoms with Crippen LogP contribution < -0.4 is 0 Å². The Morgan fingerprint density at radius 1 is 0.960 bits per heavy atom. The number of ether oxygens (including phenoxy) is 2. The molecule has 5 rings (SSSR count). The molecule has 0 aromatic heterocycles. The molecule has 2 nitrogen and oxygen atoms in total. The van der Waals surface area contributed by atoms with E-state index < -0.39 is 0 Å². The van der Waals surface area contributed by atoms with Crippen molar-refractivity contribution in [3.8, 4) is 0 Å². The Labute approximate surface area is 153 Å². The van der Waals surface area contributed by atoms with E-state index >= 15 is 0 Å². The number of allylic oxidation sites excluding steroid dienone is 2. The maximum absolute atomic E-state index is 6.18. The zero-order chi connectivity index (χ0) is 17.1. The van der Waals surface area contributed by atoms with Gasteiger partial charge >= 0.3 is 0 Å². The summed E-state index contributed by atoms with van der Waals surface area (Å²) in [5, 5.41) is 0. The normalized spacial score (nSPS) is 52.7. The lowest BCUT2D eigenvalue weighted by Crippen LogP contribution is -2.51. The fraction of sp³-hybridized carbons (Fsp3) is 0.913. The molecule has 7 atom stereocenters. The summed E-state index contributed by atoms with van der Waals surface area (Å²) >= 11 is 0. The molecule has 0 N–H and O–H groups in total. The Morgan fingerprint density at radius 3 is 2.68 bits per heavy atom. The van der Waals surface area contributed by atoms with E-state index in [1.54, 1.807) is 0 Å². The van der Waals surface area contributed by atoms with Crippen LogP contribution in [-0.2, 0) is 9.47 Å². The van der Waals surface area contributed by atoms with Crippen LogP contribution in [0.2, 0.25) is 0 Å². The van der Waals surface area contributed by atoms with Crippen LogP contribution in [0.15, 0.2) is 11.6 Å². The molecular formula is C23H36O2.